The summed E-state index contributed by atoms with van der Waals surface area (Å²) in [6, 6.07) is 21.1. The second-order valence-electron chi connectivity index (χ2n) is 8.52. The van der Waals surface area contributed by atoms with Crippen LogP contribution in [0.3, 0.4) is 0 Å². The van der Waals surface area contributed by atoms with Crippen LogP contribution in [0.5, 0.6) is 11.5 Å². The summed E-state index contributed by atoms with van der Waals surface area (Å²) in [4.78, 5) is 14.4. The second kappa shape index (κ2) is 10.9. The summed E-state index contributed by atoms with van der Waals surface area (Å²) in [5.41, 5.74) is 7.64. The van der Waals surface area contributed by atoms with Gasteiger partial charge in [-0.2, -0.15) is 5.10 Å². The van der Waals surface area contributed by atoms with Crippen molar-refractivity contribution in [3.05, 3.63) is 95.2 Å². The Hall–Kier alpha value is -4.46. The van der Waals surface area contributed by atoms with Gasteiger partial charge in [0.05, 0.1) is 13.3 Å². The highest BCUT2D eigenvalue weighted by molar-refractivity contribution is 5.93. The van der Waals surface area contributed by atoms with Gasteiger partial charge in [0.1, 0.15) is 23.9 Å². The maximum absolute atomic E-state index is 12.4. The number of nitrogens with zero attached hydrogens (tertiary/aromatic N) is 3. The molecule has 4 rings (SSSR count). The highest BCUT2D eigenvalue weighted by Crippen LogP contribution is 2.23. The van der Waals surface area contributed by atoms with Gasteiger partial charge in [0.15, 0.2) is 5.76 Å². The number of benzene rings is 2. The van der Waals surface area contributed by atoms with Crippen LogP contribution in [0.15, 0.2) is 76.2 Å². The van der Waals surface area contributed by atoms with Crippen LogP contribution in [0.2, 0.25) is 0 Å². The lowest BCUT2D eigenvalue weighted by Gasteiger charge is -2.14. The van der Waals surface area contributed by atoms with Crippen molar-refractivity contribution in [3.8, 4) is 17.2 Å². The average Bonchev–Trinajstić information content (AvgIpc) is 3.49. The quantitative estimate of drug-likeness (QED) is 0.263. The predicted molar refractivity (Wildman–Crippen MR) is 141 cm³/mol. The highest BCUT2D eigenvalue weighted by atomic mass is 16.5. The lowest BCUT2D eigenvalue weighted by atomic mass is 10.2. The van der Waals surface area contributed by atoms with E-state index in [0.29, 0.717) is 17.3 Å². The molecular formula is C28H30N4O4. The van der Waals surface area contributed by atoms with Crippen molar-refractivity contribution in [1.29, 1.82) is 0 Å². The van der Waals surface area contributed by atoms with E-state index in [4.69, 9.17) is 13.9 Å². The molecule has 36 heavy (non-hydrogen) atoms. The Kier molecular flexibility index (Phi) is 7.44. The normalized spacial score (nSPS) is 11.0. The number of methoxy groups -OCH3 is 1. The summed E-state index contributed by atoms with van der Waals surface area (Å²) < 4.78 is 19.0. The maximum atomic E-state index is 12.4. The van der Waals surface area contributed by atoms with E-state index < -0.39 is 5.91 Å². The third-order valence-electron chi connectivity index (χ3n) is 5.74. The molecule has 186 valence electrons. The molecule has 0 bridgehead atoms. The van der Waals surface area contributed by atoms with Crippen molar-refractivity contribution in [3.63, 3.8) is 0 Å². The largest absolute Gasteiger partial charge is 0.496 e. The Labute approximate surface area is 210 Å². The zero-order valence-electron chi connectivity index (χ0n) is 21.1. The molecule has 2 aromatic carbocycles. The van der Waals surface area contributed by atoms with Gasteiger partial charge in [0.25, 0.3) is 0 Å². The zero-order valence-corrected chi connectivity index (χ0v) is 21.1. The first-order chi connectivity index (χ1) is 17.4. The molecule has 0 aliphatic heterocycles. The van der Waals surface area contributed by atoms with Crippen LogP contribution in [0.25, 0.3) is 5.69 Å². The van der Waals surface area contributed by atoms with E-state index in [2.05, 4.69) is 41.1 Å². The van der Waals surface area contributed by atoms with Gasteiger partial charge >= 0.3 is 5.91 Å². The number of hydrogen-bond acceptors (Lipinski definition) is 6. The molecule has 0 saturated heterocycles. The number of rotatable bonds is 9. The molecule has 0 fully saturated rings. The Balaban J connectivity index is 1.32. The minimum atomic E-state index is -0.455. The number of aryl methyl sites for hydroxylation is 2. The molecule has 0 spiro atoms. The molecule has 0 unspecified atom stereocenters. The lowest BCUT2D eigenvalue weighted by molar-refractivity contribution is 0.0923. The van der Waals surface area contributed by atoms with E-state index in [1.807, 2.05) is 61.5 Å². The molecule has 0 atom stereocenters. The second-order valence-corrected chi connectivity index (χ2v) is 8.52. The van der Waals surface area contributed by atoms with Crippen molar-refractivity contribution in [1.82, 2.24) is 9.99 Å². The molecule has 0 saturated carbocycles. The van der Waals surface area contributed by atoms with Crippen LogP contribution < -0.4 is 19.8 Å². The van der Waals surface area contributed by atoms with Crippen LogP contribution in [0.4, 0.5) is 5.69 Å². The van der Waals surface area contributed by atoms with Gasteiger partial charge in [0.2, 0.25) is 0 Å². The molecule has 4 aromatic rings. The number of anilines is 1. The monoisotopic (exact) mass is 486 g/mol. The number of hydrazone groups is 1. The number of hydrogen-bond donors (Lipinski definition) is 1. The first-order valence-corrected chi connectivity index (χ1v) is 11.5. The molecule has 1 N–H and O–H groups in total. The summed E-state index contributed by atoms with van der Waals surface area (Å²) in [5, 5.41) is 4.03. The Morgan fingerprint density at radius 3 is 2.42 bits per heavy atom. The molecule has 8 nitrogen and oxygen atoms in total. The Bertz CT molecular complexity index is 1350. The van der Waals surface area contributed by atoms with Crippen molar-refractivity contribution < 1.29 is 18.7 Å². The molecule has 0 radical (unpaired) electrons. The SMILES string of the molecule is COc1cc(N(C)C)ccc1/C=N/NC(=O)c1ccc(COc2ccc(-n3c(C)ccc3C)cc2)o1. The maximum Gasteiger partial charge on any atom is 0.307 e. The molecule has 8 heteroatoms. The third kappa shape index (κ3) is 5.60. The van der Waals surface area contributed by atoms with E-state index in [1.165, 1.54) is 17.6 Å². The number of aromatic nitrogens is 1. The van der Waals surface area contributed by atoms with Crippen molar-refractivity contribution in [2.75, 3.05) is 26.1 Å². The predicted octanol–water partition coefficient (Wildman–Crippen LogP) is 5.10. The number of furan rings is 1. The van der Waals surface area contributed by atoms with Crippen LogP contribution >= 0.6 is 0 Å². The fourth-order valence-electron chi connectivity index (χ4n) is 3.80. The van der Waals surface area contributed by atoms with E-state index in [9.17, 15) is 4.79 Å². The van der Waals surface area contributed by atoms with Gasteiger partial charge < -0.3 is 23.4 Å². The minimum absolute atomic E-state index is 0.148. The zero-order chi connectivity index (χ0) is 25.7. The van der Waals surface area contributed by atoms with Crippen LogP contribution in [-0.4, -0.2) is 37.9 Å². The molecule has 2 aromatic heterocycles. The number of amides is 1. The average molecular weight is 487 g/mol. The first kappa shape index (κ1) is 24.7. The van der Waals surface area contributed by atoms with E-state index in [-0.39, 0.29) is 12.4 Å². The van der Waals surface area contributed by atoms with Gasteiger partial charge in [-0.1, -0.05) is 0 Å². The topological polar surface area (TPSA) is 81.2 Å². The summed E-state index contributed by atoms with van der Waals surface area (Å²) in [6.07, 6.45) is 1.53. The molecule has 2 heterocycles. The summed E-state index contributed by atoms with van der Waals surface area (Å²) in [6.45, 7) is 4.35. The number of ether oxygens (including phenoxy) is 2. The van der Waals surface area contributed by atoms with E-state index in [0.717, 1.165) is 16.9 Å². The van der Waals surface area contributed by atoms with Crippen molar-refractivity contribution >= 4 is 17.8 Å². The molecular weight excluding hydrogens is 456 g/mol. The molecule has 1 amide bonds. The minimum Gasteiger partial charge on any atom is -0.496 e. The van der Waals surface area contributed by atoms with Gasteiger partial charge in [-0.3, -0.25) is 4.79 Å². The van der Waals surface area contributed by atoms with Gasteiger partial charge in [0, 0.05) is 48.5 Å². The summed E-state index contributed by atoms with van der Waals surface area (Å²) >= 11 is 0. The number of nitrogens with one attached hydrogen (secondary N) is 1. The fraction of sp³-hybridized carbons (Fsp3) is 0.214. The fourth-order valence-corrected chi connectivity index (χ4v) is 3.80. The van der Waals surface area contributed by atoms with Gasteiger partial charge in [-0.05, 0) is 74.5 Å². The smallest absolute Gasteiger partial charge is 0.307 e. The highest BCUT2D eigenvalue weighted by Gasteiger charge is 2.12. The summed E-state index contributed by atoms with van der Waals surface area (Å²) in [7, 11) is 5.50. The van der Waals surface area contributed by atoms with Crippen molar-refractivity contribution in [2.45, 2.75) is 20.5 Å². The summed E-state index contributed by atoms with van der Waals surface area (Å²) in [5.74, 6) is 1.59. The molecule has 0 aliphatic rings. The van der Waals surface area contributed by atoms with Gasteiger partial charge in [-0.15, -0.1) is 0 Å². The Morgan fingerprint density at radius 1 is 1.03 bits per heavy atom. The van der Waals surface area contributed by atoms with E-state index >= 15 is 0 Å². The molecule has 0 aliphatic carbocycles. The lowest BCUT2D eigenvalue weighted by Crippen LogP contribution is -2.17. The number of carbonyl (C=O) groups excluding carboxylic acids is 1. The van der Waals surface area contributed by atoms with E-state index in [1.54, 1.807) is 19.2 Å². The van der Waals surface area contributed by atoms with Gasteiger partial charge in [-0.25, -0.2) is 5.43 Å². The first-order valence-electron chi connectivity index (χ1n) is 11.5. The standard InChI is InChI=1S/C28H30N4O4/c1-19-6-7-20(2)32(19)22-10-12-24(13-11-22)35-18-25-14-15-26(36-25)28(33)30-29-17-21-8-9-23(31(3)4)16-27(21)34-5/h6-17H,18H2,1-5H3,(H,30,33)/b29-17+. The third-order valence-corrected chi connectivity index (χ3v) is 5.74. The van der Waals surface area contributed by atoms with Crippen molar-refractivity contribution in [2.24, 2.45) is 5.10 Å². The van der Waals surface area contributed by atoms with Crippen LogP contribution in [0.1, 0.15) is 33.3 Å². The Morgan fingerprint density at radius 2 is 1.75 bits per heavy atom. The number of carbonyl (C=O) groups is 1. The van der Waals surface area contributed by atoms with Crippen LogP contribution in [-0.2, 0) is 6.61 Å². The van der Waals surface area contributed by atoms with Crippen LogP contribution in [0, 0.1) is 13.8 Å².